The lowest BCUT2D eigenvalue weighted by Crippen LogP contribution is -1.99. The Bertz CT molecular complexity index is 200. The number of allylic oxidation sites excluding steroid dienone is 1. The Labute approximate surface area is 73.1 Å². The average Bonchev–Trinajstić information content (AvgIpc) is 1.83. The van der Waals surface area contributed by atoms with Gasteiger partial charge in [-0.25, -0.2) is 0 Å². The molecule has 2 heteroatoms. The van der Waals surface area contributed by atoms with Gasteiger partial charge < -0.3 is 5.11 Å². The number of hydrogen-bond acceptors (Lipinski definition) is 1. The van der Waals surface area contributed by atoms with Gasteiger partial charge in [-0.2, -0.15) is 0 Å². The summed E-state index contributed by atoms with van der Waals surface area (Å²) >= 11 is 5.61. The van der Waals surface area contributed by atoms with Crippen LogP contribution in [0.25, 0.3) is 0 Å². The van der Waals surface area contributed by atoms with E-state index in [2.05, 4.69) is 11.8 Å². The highest BCUT2D eigenvalue weighted by Gasteiger charge is 2.02. The molecule has 0 bridgehead atoms. The lowest BCUT2D eigenvalue weighted by atomic mass is 9.98. The van der Waals surface area contributed by atoms with Gasteiger partial charge in [-0.3, -0.25) is 0 Å². The Morgan fingerprint density at radius 3 is 2.45 bits per heavy atom. The second-order valence-corrected chi connectivity index (χ2v) is 3.64. The van der Waals surface area contributed by atoms with Gasteiger partial charge in [-0.1, -0.05) is 23.4 Å². The molecule has 0 heterocycles. The van der Waals surface area contributed by atoms with Gasteiger partial charge in [0.1, 0.15) is 0 Å². The van der Waals surface area contributed by atoms with Crippen LogP contribution in [0.3, 0.4) is 0 Å². The maximum atomic E-state index is 8.44. The fourth-order valence-corrected chi connectivity index (χ4v) is 0.495. The Hall–Kier alpha value is -0.450. The molecule has 0 saturated heterocycles. The van der Waals surface area contributed by atoms with Crippen molar-refractivity contribution in [1.82, 2.24) is 0 Å². The molecule has 1 N–H and O–H groups in total. The molecule has 0 radical (unpaired) electrons. The third kappa shape index (κ3) is 7.45. The van der Waals surface area contributed by atoms with Crippen LogP contribution in [0.5, 0.6) is 0 Å². The van der Waals surface area contributed by atoms with Crippen LogP contribution < -0.4 is 0 Å². The lowest BCUT2D eigenvalue weighted by molar-refractivity contribution is 0.342. The van der Waals surface area contributed by atoms with Gasteiger partial charge in [0.05, 0.1) is 11.6 Å². The van der Waals surface area contributed by atoms with Crippen molar-refractivity contribution in [2.45, 2.75) is 20.8 Å². The number of aliphatic hydroxyl groups is 1. The van der Waals surface area contributed by atoms with Gasteiger partial charge in [0.25, 0.3) is 0 Å². The normalized spacial score (nSPS) is 12.3. The van der Waals surface area contributed by atoms with E-state index in [1.54, 1.807) is 0 Å². The molecule has 0 aromatic carbocycles. The van der Waals surface area contributed by atoms with Crippen LogP contribution >= 0.6 is 11.6 Å². The molecule has 0 unspecified atom stereocenters. The van der Waals surface area contributed by atoms with Gasteiger partial charge in [0.15, 0.2) is 0 Å². The second kappa shape index (κ2) is 4.43. The van der Waals surface area contributed by atoms with Crippen molar-refractivity contribution in [3.05, 3.63) is 11.1 Å². The Balaban J connectivity index is 4.19. The second-order valence-electron chi connectivity index (χ2n) is 3.23. The highest BCUT2D eigenvalue weighted by Crippen LogP contribution is 2.11. The summed E-state index contributed by atoms with van der Waals surface area (Å²) in [6.07, 6.45) is 1.47. The molecule has 0 aromatic heterocycles. The van der Waals surface area contributed by atoms with Crippen molar-refractivity contribution in [3.63, 3.8) is 0 Å². The zero-order valence-electron chi connectivity index (χ0n) is 7.11. The summed E-state index contributed by atoms with van der Waals surface area (Å²) in [5, 5.41) is 8.84. The minimum atomic E-state index is -0.0579. The topological polar surface area (TPSA) is 20.2 Å². The average molecular weight is 173 g/mol. The van der Waals surface area contributed by atoms with E-state index in [0.29, 0.717) is 5.03 Å². The quantitative estimate of drug-likeness (QED) is 0.601. The van der Waals surface area contributed by atoms with E-state index in [0.717, 1.165) is 0 Å². The number of halogens is 1. The van der Waals surface area contributed by atoms with E-state index in [1.165, 1.54) is 6.08 Å². The molecule has 0 rings (SSSR count). The summed E-state index contributed by atoms with van der Waals surface area (Å²) in [7, 11) is 0. The van der Waals surface area contributed by atoms with Crippen LogP contribution in [0.15, 0.2) is 11.1 Å². The molecule has 0 atom stereocenters. The van der Waals surface area contributed by atoms with E-state index in [-0.39, 0.29) is 12.0 Å². The van der Waals surface area contributed by atoms with Crippen LogP contribution in [0.4, 0.5) is 0 Å². The van der Waals surface area contributed by atoms with Crippen molar-refractivity contribution < 1.29 is 5.11 Å². The Morgan fingerprint density at radius 1 is 1.55 bits per heavy atom. The smallest absolute Gasteiger partial charge is 0.0887 e. The highest BCUT2D eigenvalue weighted by atomic mass is 35.5. The van der Waals surface area contributed by atoms with Crippen LogP contribution in [0, 0.1) is 17.3 Å². The monoisotopic (exact) mass is 172 g/mol. The van der Waals surface area contributed by atoms with Crippen molar-refractivity contribution >= 4 is 11.6 Å². The lowest BCUT2D eigenvalue weighted by Gasteiger charge is -2.06. The van der Waals surface area contributed by atoms with Crippen LogP contribution in [-0.4, -0.2) is 11.7 Å². The number of hydrogen-bond donors (Lipinski definition) is 1. The van der Waals surface area contributed by atoms with Gasteiger partial charge in [-0.05, 0) is 26.8 Å². The molecular formula is C9H13ClO. The number of aliphatic hydroxyl groups excluding tert-OH is 1. The molecule has 11 heavy (non-hydrogen) atoms. The molecule has 62 valence electrons. The molecule has 0 amide bonds. The molecular weight excluding hydrogens is 160 g/mol. The van der Waals surface area contributed by atoms with Crippen molar-refractivity contribution in [2.75, 3.05) is 6.61 Å². The van der Waals surface area contributed by atoms with Crippen molar-refractivity contribution in [2.24, 2.45) is 5.41 Å². The predicted octanol–water partition coefficient (Wildman–Crippen LogP) is 2.15. The first-order valence-electron chi connectivity index (χ1n) is 3.45. The Morgan fingerprint density at radius 2 is 2.09 bits per heavy atom. The summed E-state index contributed by atoms with van der Waals surface area (Å²) in [5.74, 6) is 5.69. The summed E-state index contributed by atoms with van der Waals surface area (Å²) in [4.78, 5) is 0. The molecule has 0 aliphatic carbocycles. The zero-order valence-corrected chi connectivity index (χ0v) is 7.87. The van der Waals surface area contributed by atoms with E-state index >= 15 is 0 Å². The molecule has 0 spiro atoms. The first kappa shape index (κ1) is 10.6. The van der Waals surface area contributed by atoms with E-state index in [9.17, 15) is 0 Å². The summed E-state index contributed by atoms with van der Waals surface area (Å²) in [6.45, 7) is 5.95. The SMILES string of the molecule is CC(C)(C)C#C/C(Cl)=C/CO. The van der Waals surface area contributed by atoms with Crippen molar-refractivity contribution in [1.29, 1.82) is 0 Å². The van der Waals surface area contributed by atoms with Crippen LogP contribution in [0.2, 0.25) is 0 Å². The zero-order chi connectivity index (χ0) is 8.91. The predicted molar refractivity (Wildman–Crippen MR) is 48.3 cm³/mol. The minimum absolute atomic E-state index is 0.0383. The maximum absolute atomic E-state index is 8.44. The fraction of sp³-hybridized carbons (Fsp3) is 0.556. The van der Waals surface area contributed by atoms with Crippen LogP contribution in [-0.2, 0) is 0 Å². The van der Waals surface area contributed by atoms with E-state index < -0.39 is 0 Å². The van der Waals surface area contributed by atoms with Crippen molar-refractivity contribution in [3.8, 4) is 11.8 Å². The molecule has 1 nitrogen and oxygen atoms in total. The van der Waals surface area contributed by atoms with Gasteiger partial charge >= 0.3 is 0 Å². The van der Waals surface area contributed by atoms with Crippen LogP contribution in [0.1, 0.15) is 20.8 Å². The Kier molecular flexibility index (Phi) is 4.25. The minimum Gasteiger partial charge on any atom is -0.392 e. The van der Waals surface area contributed by atoms with Gasteiger partial charge in [0, 0.05) is 5.41 Å². The summed E-state index contributed by atoms with van der Waals surface area (Å²) in [6, 6.07) is 0. The first-order valence-corrected chi connectivity index (χ1v) is 3.83. The molecule has 0 aliphatic rings. The third-order valence-electron chi connectivity index (χ3n) is 0.827. The summed E-state index contributed by atoms with van der Waals surface area (Å²) < 4.78 is 0. The molecule has 0 fully saturated rings. The van der Waals surface area contributed by atoms with E-state index in [1.807, 2.05) is 20.8 Å². The fourth-order valence-electron chi connectivity index (χ4n) is 0.378. The molecule has 0 aliphatic heterocycles. The molecule has 0 aromatic rings. The summed E-state index contributed by atoms with van der Waals surface area (Å²) in [5.41, 5.74) is -0.0383. The first-order chi connectivity index (χ1) is 4.95. The third-order valence-corrected chi connectivity index (χ3v) is 1.08. The standard InChI is InChI=1S/C9H13ClO/c1-9(2,3)6-4-8(10)5-7-11/h5,11H,7H2,1-3H3/b8-5-. The van der Waals surface area contributed by atoms with E-state index in [4.69, 9.17) is 16.7 Å². The molecule has 0 saturated carbocycles. The van der Waals surface area contributed by atoms with Gasteiger partial charge in [0.2, 0.25) is 0 Å². The maximum Gasteiger partial charge on any atom is 0.0887 e. The number of rotatable bonds is 1. The highest BCUT2D eigenvalue weighted by molar-refractivity contribution is 6.32. The van der Waals surface area contributed by atoms with Gasteiger partial charge in [-0.15, -0.1) is 0 Å². The largest absolute Gasteiger partial charge is 0.392 e.